The number of rotatable bonds is 5. The third kappa shape index (κ3) is 4.08. The Balaban J connectivity index is 1.41. The van der Waals surface area contributed by atoms with E-state index in [-0.39, 0.29) is 29.1 Å². The van der Waals surface area contributed by atoms with Crippen molar-refractivity contribution >= 4 is 52.2 Å². The second kappa shape index (κ2) is 9.45. The number of benzene rings is 2. The van der Waals surface area contributed by atoms with E-state index < -0.39 is 17.1 Å². The molecule has 0 aliphatic carbocycles. The maximum atomic E-state index is 13.7. The van der Waals surface area contributed by atoms with Gasteiger partial charge in [-0.15, -0.1) is 0 Å². The molecule has 0 spiro atoms. The molecule has 2 aliphatic heterocycles. The van der Waals surface area contributed by atoms with Crippen LogP contribution in [0.5, 0.6) is 0 Å². The zero-order valence-electron chi connectivity index (χ0n) is 19.3. The maximum absolute atomic E-state index is 13.7. The van der Waals surface area contributed by atoms with Crippen LogP contribution in [0.4, 0.5) is 11.4 Å². The maximum Gasteiger partial charge on any atom is 0.308 e. The highest BCUT2D eigenvalue weighted by Gasteiger charge is 2.56. The molecule has 2 aromatic heterocycles. The number of nitrogens with zero attached hydrogens (tertiary/aromatic N) is 3. The average Bonchev–Trinajstić information content (AvgIpc) is 3.36. The molecule has 2 aliphatic rings. The van der Waals surface area contributed by atoms with Crippen molar-refractivity contribution in [3.8, 4) is 0 Å². The van der Waals surface area contributed by atoms with Gasteiger partial charge in [-0.2, -0.15) is 0 Å². The van der Waals surface area contributed by atoms with Gasteiger partial charge in [-0.3, -0.25) is 28.7 Å². The Morgan fingerprint density at radius 3 is 2.35 bits per heavy atom. The van der Waals surface area contributed by atoms with E-state index >= 15 is 0 Å². The van der Waals surface area contributed by atoms with E-state index in [1.54, 1.807) is 54.9 Å². The molecule has 4 aromatic rings. The number of thioether (sulfide) groups is 1. The van der Waals surface area contributed by atoms with Crippen LogP contribution in [0.15, 0.2) is 95.0 Å². The van der Waals surface area contributed by atoms with Gasteiger partial charge in [-0.25, -0.2) is 4.90 Å². The molecular weight excluding hydrogens is 508 g/mol. The molecule has 10 heteroatoms. The summed E-state index contributed by atoms with van der Waals surface area (Å²) in [7, 11) is 0. The van der Waals surface area contributed by atoms with Crippen molar-refractivity contribution in [2.75, 3.05) is 10.2 Å². The molecular formula is C27H20N4O4S2. The highest BCUT2D eigenvalue weighted by atomic mass is 32.2. The van der Waals surface area contributed by atoms with Gasteiger partial charge in [0.2, 0.25) is 17.7 Å². The molecule has 1 fully saturated rings. The van der Waals surface area contributed by atoms with E-state index in [2.05, 4.69) is 10.3 Å². The second-order valence-electron chi connectivity index (χ2n) is 8.71. The number of pyridine rings is 1. The van der Waals surface area contributed by atoms with E-state index in [1.807, 2.05) is 30.3 Å². The molecule has 0 radical (unpaired) electrons. The van der Waals surface area contributed by atoms with Crippen molar-refractivity contribution in [1.29, 1.82) is 0 Å². The van der Waals surface area contributed by atoms with Gasteiger partial charge in [0.25, 0.3) is 0 Å². The first-order valence-corrected chi connectivity index (χ1v) is 13.3. The Bertz CT molecular complexity index is 1550. The van der Waals surface area contributed by atoms with Crippen LogP contribution in [0.2, 0.25) is 0 Å². The van der Waals surface area contributed by atoms with Crippen LogP contribution >= 0.6 is 23.1 Å². The molecule has 1 N–H and O–H groups in total. The minimum atomic E-state index is -0.733. The number of anilines is 2. The molecule has 2 unspecified atom stereocenters. The van der Waals surface area contributed by atoms with E-state index in [4.69, 9.17) is 0 Å². The number of nitrogens with one attached hydrogen (secondary N) is 1. The Hall–Kier alpha value is -4.02. The number of hydrogen-bond acceptors (Lipinski definition) is 7. The summed E-state index contributed by atoms with van der Waals surface area (Å²) in [6, 6.07) is 21.5. The topological polar surface area (TPSA) is 101 Å². The molecule has 37 heavy (non-hydrogen) atoms. The first-order valence-electron chi connectivity index (χ1n) is 11.6. The van der Waals surface area contributed by atoms with Crippen molar-refractivity contribution in [3.05, 3.63) is 105 Å². The predicted molar refractivity (Wildman–Crippen MR) is 142 cm³/mol. The monoisotopic (exact) mass is 528 g/mol. The molecule has 3 atom stereocenters. The first-order chi connectivity index (χ1) is 18.0. The lowest BCUT2D eigenvalue weighted by Gasteiger charge is -2.30. The van der Waals surface area contributed by atoms with E-state index in [0.29, 0.717) is 21.3 Å². The van der Waals surface area contributed by atoms with Crippen molar-refractivity contribution in [3.63, 3.8) is 0 Å². The van der Waals surface area contributed by atoms with Gasteiger partial charge in [0, 0.05) is 28.9 Å². The Labute approximate surface area is 220 Å². The van der Waals surface area contributed by atoms with Gasteiger partial charge >= 0.3 is 4.87 Å². The standard InChI is InChI=1S/C27H20N4O4S2/c32-19(29-17-9-3-1-4-10-17)15-30-26-23(37-27(30)35)20(16-8-7-13-28-14-16)21-22(36-26)25(34)31(24(21)33)18-11-5-2-6-12-18/h1-14,20-22H,15H2,(H,29,32)/t20-,21?,22?/m1/s1. The lowest BCUT2D eigenvalue weighted by atomic mass is 9.84. The van der Waals surface area contributed by atoms with Gasteiger partial charge in [-0.1, -0.05) is 65.6 Å². The third-order valence-corrected chi connectivity index (χ3v) is 9.07. The molecule has 184 valence electrons. The number of imide groups is 1. The molecule has 0 bridgehead atoms. The largest absolute Gasteiger partial charge is 0.325 e. The number of thiazole rings is 1. The van der Waals surface area contributed by atoms with E-state index in [9.17, 15) is 19.2 Å². The normalized spacial score (nSPS) is 20.4. The van der Waals surface area contributed by atoms with Crippen molar-refractivity contribution < 1.29 is 14.4 Å². The lowest BCUT2D eigenvalue weighted by molar-refractivity contribution is -0.122. The SMILES string of the molecule is O=C(Cn1c2c(sc1=O)[C@H](c1cccnc1)C1C(=O)N(c3ccccc3)C(=O)C1S2)Nc1ccccc1. The summed E-state index contributed by atoms with van der Waals surface area (Å²) >= 11 is 2.21. The van der Waals surface area contributed by atoms with Crippen LogP contribution in [0.1, 0.15) is 16.4 Å². The van der Waals surface area contributed by atoms with Crippen LogP contribution < -0.4 is 15.1 Å². The number of para-hydroxylation sites is 2. The second-order valence-corrected chi connectivity index (χ2v) is 10.8. The van der Waals surface area contributed by atoms with Crippen molar-refractivity contribution in [2.45, 2.75) is 22.7 Å². The highest BCUT2D eigenvalue weighted by Crippen LogP contribution is 2.53. The summed E-state index contributed by atoms with van der Waals surface area (Å²) in [6.07, 6.45) is 3.31. The Kier molecular flexibility index (Phi) is 5.97. The number of aromatic nitrogens is 2. The van der Waals surface area contributed by atoms with Gasteiger partial charge in [0.15, 0.2) is 0 Å². The molecule has 6 rings (SSSR count). The third-order valence-electron chi connectivity index (χ3n) is 6.47. The summed E-state index contributed by atoms with van der Waals surface area (Å²) in [6.45, 7) is -0.200. The lowest BCUT2D eigenvalue weighted by Crippen LogP contribution is -2.33. The number of fused-ring (bicyclic) bond motifs is 2. The zero-order chi connectivity index (χ0) is 25.5. The number of amides is 3. The molecule has 2 aromatic carbocycles. The summed E-state index contributed by atoms with van der Waals surface area (Å²) in [5, 5.41) is 2.62. The molecule has 3 amide bonds. The number of carbonyl (C=O) groups is 3. The van der Waals surface area contributed by atoms with Gasteiger partial charge in [-0.05, 0) is 35.9 Å². The fourth-order valence-corrected chi connectivity index (χ4v) is 7.64. The molecule has 0 saturated carbocycles. The predicted octanol–water partition coefficient (Wildman–Crippen LogP) is 3.74. The van der Waals surface area contributed by atoms with Crippen LogP contribution in [0.3, 0.4) is 0 Å². The van der Waals surface area contributed by atoms with Crippen LogP contribution in [0, 0.1) is 5.92 Å². The molecule has 8 nitrogen and oxygen atoms in total. The zero-order valence-corrected chi connectivity index (χ0v) is 20.9. The van der Waals surface area contributed by atoms with Crippen molar-refractivity contribution in [1.82, 2.24) is 9.55 Å². The van der Waals surface area contributed by atoms with Crippen LogP contribution in [-0.4, -0.2) is 32.5 Å². The number of hydrogen-bond donors (Lipinski definition) is 1. The minimum absolute atomic E-state index is 0.200. The van der Waals surface area contributed by atoms with Gasteiger partial charge in [0.1, 0.15) is 11.8 Å². The first kappa shape index (κ1) is 23.4. The Morgan fingerprint density at radius 2 is 1.65 bits per heavy atom. The summed E-state index contributed by atoms with van der Waals surface area (Å²) in [5.41, 5.74) is 1.89. The molecule has 4 heterocycles. The van der Waals surface area contributed by atoms with Gasteiger partial charge < -0.3 is 5.32 Å². The quantitative estimate of drug-likeness (QED) is 0.396. The van der Waals surface area contributed by atoms with Crippen LogP contribution in [-0.2, 0) is 20.9 Å². The summed E-state index contributed by atoms with van der Waals surface area (Å²) in [5.74, 6) is -2.21. The van der Waals surface area contributed by atoms with Crippen LogP contribution in [0.25, 0.3) is 0 Å². The smallest absolute Gasteiger partial charge is 0.308 e. The van der Waals surface area contributed by atoms with E-state index in [0.717, 1.165) is 16.9 Å². The minimum Gasteiger partial charge on any atom is -0.325 e. The summed E-state index contributed by atoms with van der Waals surface area (Å²) < 4.78 is 1.41. The van der Waals surface area contributed by atoms with E-state index in [1.165, 1.54) is 21.2 Å². The van der Waals surface area contributed by atoms with Crippen molar-refractivity contribution in [2.24, 2.45) is 5.92 Å². The number of carbonyl (C=O) groups excluding carboxylic acids is 3. The highest BCUT2D eigenvalue weighted by molar-refractivity contribution is 8.00. The fraction of sp³-hybridized carbons (Fsp3) is 0.148. The van der Waals surface area contributed by atoms with Gasteiger partial charge in [0.05, 0.1) is 16.6 Å². The Morgan fingerprint density at radius 1 is 0.919 bits per heavy atom. The average molecular weight is 529 g/mol. The fourth-order valence-electron chi connectivity index (χ4n) is 4.87. The summed E-state index contributed by atoms with van der Waals surface area (Å²) in [4.78, 5) is 59.2. The molecule has 1 saturated heterocycles.